The number of pyridine rings is 1. The molecule has 2 aromatic carbocycles. The van der Waals surface area contributed by atoms with Crippen LogP contribution in [0.5, 0.6) is 0 Å². The molecule has 2 aliphatic rings. The van der Waals surface area contributed by atoms with Crippen molar-refractivity contribution in [1.82, 2.24) is 15.2 Å². The van der Waals surface area contributed by atoms with E-state index in [1.807, 2.05) is 49.4 Å². The summed E-state index contributed by atoms with van der Waals surface area (Å²) in [7, 11) is 2.10. The van der Waals surface area contributed by atoms with E-state index in [0.29, 0.717) is 16.7 Å². The number of halogens is 1. The monoisotopic (exact) mass is 559 g/mol. The molecule has 0 spiro atoms. The standard InChI is InChI=1S/C31H34ClN5OS/c1-19-10-6-7-11-24(19)34-27(38)13-15-37-29(28(35-30(37)39)25-12-8-9-14-33-25)22-16-21-20(2)18-31(3,4)36(5)26(21)17-23(22)32/h6-12,14,16-18,28-29H,13,15H2,1-5H3,(H,34,38)(H,35,39)/t28-,29+/m0/s1. The maximum Gasteiger partial charge on any atom is 0.226 e. The Morgan fingerprint density at radius 3 is 2.62 bits per heavy atom. The zero-order valence-electron chi connectivity index (χ0n) is 23.0. The number of thiocarbonyl (C=S) groups is 1. The second-order valence-corrected chi connectivity index (χ2v) is 11.7. The molecule has 0 aliphatic carbocycles. The van der Waals surface area contributed by atoms with Gasteiger partial charge in [-0.1, -0.05) is 41.9 Å². The molecule has 0 bridgehead atoms. The second kappa shape index (κ2) is 10.6. The number of carbonyl (C=O) groups excluding carboxylic acids is 1. The van der Waals surface area contributed by atoms with E-state index in [1.54, 1.807) is 6.20 Å². The number of aromatic nitrogens is 1. The Hall–Kier alpha value is -3.42. The number of hydrogen-bond acceptors (Lipinski definition) is 4. The summed E-state index contributed by atoms with van der Waals surface area (Å²) in [6.07, 6.45) is 4.35. The Kier molecular flexibility index (Phi) is 7.40. The first-order valence-corrected chi connectivity index (χ1v) is 14.0. The molecule has 202 valence electrons. The third-order valence-corrected chi connectivity index (χ3v) is 8.53. The van der Waals surface area contributed by atoms with Gasteiger partial charge in [-0.2, -0.15) is 0 Å². The Balaban J connectivity index is 1.50. The predicted molar refractivity (Wildman–Crippen MR) is 164 cm³/mol. The predicted octanol–water partition coefficient (Wildman–Crippen LogP) is 6.68. The first-order valence-electron chi connectivity index (χ1n) is 13.2. The van der Waals surface area contributed by atoms with E-state index in [2.05, 4.69) is 71.4 Å². The van der Waals surface area contributed by atoms with Crippen molar-refractivity contribution < 1.29 is 4.79 Å². The van der Waals surface area contributed by atoms with Gasteiger partial charge in [0.1, 0.15) is 0 Å². The van der Waals surface area contributed by atoms with Crippen LogP contribution in [0.15, 0.2) is 66.9 Å². The molecule has 0 saturated carbocycles. The summed E-state index contributed by atoms with van der Waals surface area (Å²) < 4.78 is 0. The van der Waals surface area contributed by atoms with E-state index < -0.39 is 0 Å². The minimum absolute atomic E-state index is 0.0636. The number of hydrogen-bond donors (Lipinski definition) is 2. The molecule has 2 atom stereocenters. The fourth-order valence-corrected chi connectivity index (χ4v) is 6.15. The lowest BCUT2D eigenvalue weighted by Gasteiger charge is -2.41. The average molecular weight is 560 g/mol. The summed E-state index contributed by atoms with van der Waals surface area (Å²) in [5.74, 6) is -0.0636. The molecule has 2 N–H and O–H groups in total. The summed E-state index contributed by atoms with van der Waals surface area (Å²) >= 11 is 12.9. The first kappa shape index (κ1) is 27.2. The molecule has 6 nitrogen and oxygen atoms in total. The molecule has 1 saturated heterocycles. The van der Waals surface area contributed by atoms with Crippen LogP contribution < -0.4 is 15.5 Å². The summed E-state index contributed by atoms with van der Waals surface area (Å²) in [6.45, 7) is 8.96. The zero-order valence-corrected chi connectivity index (χ0v) is 24.5. The molecule has 1 amide bonds. The Labute approximate surface area is 241 Å². The number of rotatable bonds is 6. The van der Waals surface area contributed by atoms with Crippen molar-refractivity contribution in [1.29, 1.82) is 0 Å². The van der Waals surface area contributed by atoms with Crippen molar-refractivity contribution in [3.05, 3.63) is 94.3 Å². The van der Waals surface area contributed by atoms with Crippen LogP contribution in [-0.4, -0.2) is 40.0 Å². The zero-order chi connectivity index (χ0) is 27.9. The first-order chi connectivity index (χ1) is 18.6. The molecule has 8 heteroatoms. The Bertz CT molecular complexity index is 1450. The van der Waals surface area contributed by atoms with Gasteiger partial charge >= 0.3 is 0 Å². The van der Waals surface area contributed by atoms with Gasteiger partial charge in [0.2, 0.25) is 5.91 Å². The highest BCUT2D eigenvalue weighted by molar-refractivity contribution is 7.80. The molecule has 39 heavy (non-hydrogen) atoms. The smallest absolute Gasteiger partial charge is 0.226 e. The van der Waals surface area contributed by atoms with Gasteiger partial charge in [-0.3, -0.25) is 9.78 Å². The number of benzene rings is 2. The number of nitrogens with one attached hydrogen (secondary N) is 2. The lowest BCUT2D eigenvalue weighted by Crippen LogP contribution is -2.42. The third kappa shape index (κ3) is 5.25. The molecule has 1 aromatic heterocycles. The van der Waals surface area contributed by atoms with Crippen LogP contribution in [-0.2, 0) is 4.79 Å². The van der Waals surface area contributed by atoms with Gasteiger partial charge < -0.3 is 20.4 Å². The van der Waals surface area contributed by atoms with E-state index >= 15 is 0 Å². The summed E-state index contributed by atoms with van der Waals surface area (Å²) in [5.41, 5.74) is 7.00. The summed E-state index contributed by atoms with van der Waals surface area (Å²) in [6, 6.07) is 17.4. The van der Waals surface area contributed by atoms with Crippen LogP contribution >= 0.6 is 23.8 Å². The van der Waals surface area contributed by atoms with E-state index in [4.69, 9.17) is 23.8 Å². The Morgan fingerprint density at radius 2 is 1.90 bits per heavy atom. The fourth-order valence-electron chi connectivity index (χ4n) is 5.55. The number of likely N-dealkylation sites (N-methyl/N-ethyl adjacent to an activating group) is 1. The molecule has 1 fully saturated rings. The topological polar surface area (TPSA) is 60.5 Å². The van der Waals surface area contributed by atoms with Crippen LogP contribution in [0.4, 0.5) is 11.4 Å². The van der Waals surface area contributed by atoms with Crippen molar-refractivity contribution in [3.8, 4) is 0 Å². The second-order valence-electron chi connectivity index (χ2n) is 10.9. The van der Waals surface area contributed by atoms with Crippen molar-refractivity contribution in [2.75, 3.05) is 23.8 Å². The van der Waals surface area contributed by atoms with Crippen LogP contribution in [0.25, 0.3) is 5.57 Å². The minimum Gasteiger partial charge on any atom is -0.365 e. The quantitative estimate of drug-likeness (QED) is 0.329. The minimum atomic E-state index is -0.232. The largest absolute Gasteiger partial charge is 0.365 e. The van der Waals surface area contributed by atoms with E-state index in [-0.39, 0.29) is 30.0 Å². The number of anilines is 2. The number of para-hydroxylation sites is 1. The SMILES string of the molecule is CC1=CC(C)(C)N(C)c2cc(Cl)c([C@@H]3[C@H](c4ccccn4)NC(=S)N3CCC(=O)Nc3ccccc3C)cc21. The molecular formula is C31H34ClN5OS. The Morgan fingerprint density at radius 1 is 1.15 bits per heavy atom. The molecule has 0 unspecified atom stereocenters. The van der Waals surface area contributed by atoms with Gasteiger partial charge in [0.25, 0.3) is 0 Å². The number of nitrogens with zero attached hydrogens (tertiary/aromatic N) is 3. The van der Waals surface area contributed by atoms with E-state index in [1.165, 1.54) is 5.57 Å². The number of allylic oxidation sites excluding steroid dienone is 1. The highest BCUT2D eigenvalue weighted by Gasteiger charge is 2.41. The van der Waals surface area contributed by atoms with Crippen LogP contribution in [0.1, 0.15) is 61.7 Å². The van der Waals surface area contributed by atoms with Crippen molar-refractivity contribution in [2.24, 2.45) is 0 Å². The number of aryl methyl sites for hydroxylation is 1. The highest BCUT2D eigenvalue weighted by atomic mass is 35.5. The van der Waals surface area contributed by atoms with Gasteiger partial charge in [0.05, 0.1) is 23.3 Å². The van der Waals surface area contributed by atoms with E-state index in [0.717, 1.165) is 33.8 Å². The van der Waals surface area contributed by atoms with Gasteiger partial charge in [-0.05, 0) is 86.9 Å². The van der Waals surface area contributed by atoms with Gasteiger partial charge in [0, 0.05) is 48.2 Å². The van der Waals surface area contributed by atoms with Crippen LogP contribution in [0, 0.1) is 6.92 Å². The maximum atomic E-state index is 13.0. The van der Waals surface area contributed by atoms with Gasteiger partial charge in [-0.25, -0.2) is 0 Å². The molecule has 5 rings (SSSR count). The lowest BCUT2D eigenvalue weighted by molar-refractivity contribution is -0.116. The third-order valence-electron chi connectivity index (χ3n) is 7.85. The number of carbonyl (C=O) groups is 1. The number of amides is 1. The highest BCUT2D eigenvalue weighted by Crippen LogP contribution is 2.46. The normalized spacial score (nSPS) is 19.8. The van der Waals surface area contributed by atoms with Gasteiger partial charge in [-0.15, -0.1) is 0 Å². The van der Waals surface area contributed by atoms with Gasteiger partial charge in [0.15, 0.2) is 5.11 Å². The summed E-state index contributed by atoms with van der Waals surface area (Å²) in [4.78, 5) is 21.9. The lowest BCUT2D eigenvalue weighted by atomic mass is 9.86. The molecule has 2 aliphatic heterocycles. The van der Waals surface area contributed by atoms with Crippen molar-refractivity contribution >= 4 is 51.8 Å². The van der Waals surface area contributed by atoms with Crippen LogP contribution in [0.3, 0.4) is 0 Å². The average Bonchev–Trinajstić information content (AvgIpc) is 3.23. The number of fused-ring (bicyclic) bond motifs is 1. The molecule has 3 aromatic rings. The summed E-state index contributed by atoms with van der Waals surface area (Å²) in [5, 5.41) is 7.75. The molecule has 0 radical (unpaired) electrons. The van der Waals surface area contributed by atoms with E-state index in [9.17, 15) is 4.79 Å². The van der Waals surface area contributed by atoms with Crippen molar-refractivity contribution in [2.45, 2.75) is 51.7 Å². The maximum absolute atomic E-state index is 13.0. The molecule has 3 heterocycles. The van der Waals surface area contributed by atoms with Crippen LogP contribution in [0.2, 0.25) is 5.02 Å². The molecular weight excluding hydrogens is 526 g/mol. The van der Waals surface area contributed by atoms with Crippen molar-refractivity contribution in [3.63, 3.8) is 0 Å². The fraction of sp³-hybridized carbons (Fsp3) is 0.323.